The van der Waals surface area contributed by atoms with Crippen LogP contribution in [0.4, 0.5) is 5.82 Å². The van der Waals surface area contributed by atoms with Gasteiger partial charge in [0.05, 0.1) is 0 Å². The second-order valence-electron chi connectivity index (χ2n) is 5.23. The van der Waals surface area contributed by atoms with Gasteiger partial charge >= 0.3 is 0 Å². The Morgan fingerprint density at radius 2 is 2.06 bits per heavy atom. The molecule has 1 atom stereocenters. The molecule has 0 aliphatic carbocycles. The summed E-state index contributed by atoms with van der Waals surface area (Å²) in [6, 6.07) is 0.137. The van der Waals surface area contributed by atoms with Crippen LogP contribution in [0.5, 0.6) is 0 Å². The number of amides is 1. The number of carbonyl (C=O) groups excluding carboxylic acids is 1. The predicted octanol–water partition coefficient (Wildman–Crippen LogP) is 2.05. The van der Waals surface area contributed by atoms with Crippen LogP contribution in [0.15, 0.2) is 12.5 Å². The minimum Gasteiger partial charge on any atom is -0.294 e. The second kappa shape index (κ2) is 4.43. The third-order valence-electron chi connectivity index (χ3n) is 3.31. The molecule has 1 amide bonds. The van der Waals surface area contributed by atoms with Crippen LogP contribution in [-0.4, -0.2) is 21.9 Å². The first-order valence-corrected chi connectivity index (χ1v) is 6.14. The molecule has 0 saturated heterocycles. The van der Waals surface area contributed by atoms with Crippen molar-refractivity contribution in [3.8, 4) is 0 Å². The minimum atomic E-state index is 0.0518. The molecule has 4 nitrogen and oxygen atoms in total. The predicted molar refractivity (Wildman–Crippen MR) is 66.7 cm³/mol. The summed E-state index contributed by atoms with van der Waals surface area (Å²) in [5, 5.41) is 0. The number of fused-ring (bicyclic) bond motifs is 1. The number of aromatic nitrogens is 2. The van der Waals surface area contributed by atoms with Crippen LogP contribution in [0, 0.1) is 11.8 Å². The fourth-order valence-electron chi connectivity index (χ4n) is 2.34. The lowest BCUT2D eigenvalue weighted by Gasteiger charge is -2.36. The van der Waals surface area contributed by atoms with E-state index in [9.17, 15) is 4.79 Å². The van der Waals surface area contributed by atoms with Crippen molar-refractivity contribution in [2.75, 3.05) is 4.90 Å². The van der Waals surface area contributed by atoms with Gasteiger partial charge in [-0.25, -0.2) is 9.97 Å². The van der Waals surface area contributed by atoms with Crippen LogP contribution in [-0.2, 0) is 11.2 Å². The van der Waals surface area contributed by atoms with Crippen molar-refractivity contribution in [2.24, 2.45) is 11.8 Å². The summed E-state index contributed by atoms with van der Waals surface area (Å²) in [6.07, 6.45) is 4.10. The first-order chi connectivity index (χ1) is 8.02. The molecule has 0 aromatic carbocycles. The maximum Gasteiger partial charge on any atom is 0.232 e. The fraction of sp³-hybridized carbons (Fsp3) is 0.615. The van der Waals surface area contributed by atoms with E-state index in [0.717, 1.165) is 17.8 Å². The summed E-state index contributed by atoms with van der Waals surface area (Å²) in [6.45, 7) is 8.23. The molecule has 0 bridgehead atoms. The zero-order chi connectivity index (χ0) is 12.6. The molecule has 92 valence electrons. The van der Waals surface area contributed by atoms with Crippen LogP contribution in [0.2, 0.25) is 0 Å². The highest BCUT2D eigenvalue weighted by Crippen LogP contribution is 2.32. The SMILES string of the molecule is CC(C)C1Cc2cncnc2N(C(C)C)C1=O. The van der Waals surface area contributed by atoms with Gasteiger partial charge in [0, 0.05) is 23.7 Å². The lowest BCUT2D eigenvalue weighted by molar-refractivity contribution is -0.124. The number of hydrogen-bond donors (Lipinski definition) is 0. The maximum atomic E-state index is 12.4. The van der Waals surface area contributed by atoms with Crippen molar-refractivity contribution in [1.82, 2.24) is 9.97 Å². The Morgan fingerprint density at radius 1 is 1.35 bits per heavy atom. The van der Waals surface area contributed by atoms with E-state index in [2.05, 4.69) is 23.8 Å². The first kappa shape index (κ1) is 12.0. The van der Waals surface area contributed by atoms with Crippen LogP contribution in [0.25, 0.3) is 0 Å². The van der Waals surface area contributed by atoms with Gasteiger partial charge in [0.2, 0.25) is 5.91 Å². The molecule has 0 N–H and O–H groups in total. The van der Waals surface area contributed by atoms with Gasteiger partial charge in [-0.2, -0.15) is 0 Å². The van der Waals surface area contributed by atoms with E-state index < -0.39 is 0 Å². The summed E-state index contributed by atoms with van der Waals surface area (Å²) < 4.78 is 0. The Kier molecular flexibility index (Phi) is 3.13. The molecule has 0 saturated carbocycles. The van der Waals surface area contributed by atoms with Crippen LogP contribution in [0.1, 0.15) is 33.3 Å². The van der Waals surface area contributed by atoms with Gasteiger partial charge in [0.1, 0.15) is 12.1 Å². The third-order valence-corrected chi connectivity index (χ3v) is 3.31. The second-order valence-corrected chi connectivity index (χ2v) is 5.23. The molecule has 1 aliphatic heterocycles. The van der Waals surface area contributed by atoms with Gasteiger partial charge in [0.15, 0.2) is 0 Å². The van der Waals surface area contributed by atoms with E-state index in [1.54, 1.807) is 0 Å². The zero-order valence-electron chi connectivity index (χ0n) is 10.8. The van der Waals surface area contributed by atoms with E-state index in [0.29, 0.717) is 5.92 Å². The van der Waals surface area contributed by atoms with Crippen molar-refractivity contribution in [3.63, 3.8) is 0 Å². The van der Waals surface area contributed by atoms with Crippen LogP contribution < -0.4 is 4.90 Å². The van der Waals surface area contributed by atoms with Crippen molar-refractivity contribution >= 4 is 11.7 Å². The Morgan fingerprint density at radius 3 is 2.65 bits per heavy atom. The molecule has 4 heteroatoms. The van der Waals surface area contributed by atoms with E-state index in [1.165, 1.54) is 6.33 Å². The Labute approximate surface area is 102 Å². The van der Waals surface area contributed by atoms with E-state index in [-0.39, 0.29) is 17.9 Å². The molecule has 2 heterocycles. The molecule has 0 spiro atoms. The Bertz CT molecular complexity index is 428. The lowest BCUT2D eigenvalue weighted by atomic mass is 9.85. The molecule has 17 heavy (non-hydrogen) atoms. The molecule has 1 aromatic heterocycles. The summed E-state index contributed by atoms with van der Waals surface area (Å²) in [4.78, 5) is 22.6. The minimum absolute atomic E-state index is 0.0518. The number of carbonyl (C=O) groups is 1. The average Bonchev–Trinajstić information content (AvgIpc) is 2.27. The zero-order valence-corrected chi connectivity index (χ0v) is 10.8. The summed E-state index contributed by atoms with van der Waals surface area (Å²) in [5.74, 6) is 1.38. The normalized spacial score (nSPS) is 20.0. The topological polar surface area (TPSA) is 46.1 Å². The molecular weight excluding hydrogens is 214 g/mol. The van der Waals surface area contributed by atoms with Crippen molar-refractivity contribution in [1.29, 1.82) is 0 Å². The molecule has 2 rings (SSSR count). The van der Waals surface area contributed by atoms with Gasteiger partial charge in [-0.3, -0.25) is 9.69 Å². The van der Waals surface area contributed by atoms with Crippen molar-refractivity contribution in [3.05, 3.63) is 18.1 Å². The van der Waals surface area contributed by atoms with Gasteiger partial charge in [-0.1, -0.05) is 13.8 Å². The quantitative estimate of drug-likeness (QED) is 0.785. The van der Waals surface area contributed by atoms with Crippen molar-refractivity contribution in [2.45, 2.75) is 40.2 Å². The molecule has 1 aliphatic rings. The Hall–Kier alpha value is -1.45. The van der Waals surface area contributed by atoms with Crippen LogP contribution >= 0.6 is 0 Å². The lowest BCUT2D eigenvalue weighted by Crippen LogP contribution is -2.47. The fourth-order valence-corrected chi connectivity index (χ4v) is 2.34. The van der Waals surface area contributed by atoms with Gasteiger partial charge in [-0.05, 0) is 26.2 Å². The average molecular weight is 233 g/mol. The van der Waals surface area contributed by atoms with Gasteiger partial charge < -0.3 is 0 Å². The number of nitrogens with zero attached hydrogens (tertiary/aromatic N) is 3. The van der Waals surface area contributed by atoms with Crippen LogP contribution in [0.3, 0.4) is 0 Å². The smallest absolute Gasteiger partial charge is 0.232 e. The van der Waals surface area contributed by atoms with E-state index >= 15 is 0 Å². The summed E-state index contributed by atoms with van der Waals surface area (Å²) in [5.41, 5.74) is 1.08. The highest BCUT2D eigenvalue weighted by molar-refractivity contribution is 5.97. The first-order valence-electron chi connectivity index (χ1n) is 6.14. The molecule has 0 fully saturated rings. The Balaban J connectivity index is 2.47. The monoisotopic (exact) mass is 233 g/mol. The molecule has 0 radical (unpaired) electrons. The largest absolute Gasteiger partial charge is 0.294 e. The highest BCUT2D eigenvalue weighted by atomic mass is 16.2. The standard InChI is InChI=1S/C13H19N3O/c1-8(2)11-5-10-6-14-7-15-12(10)16(9(3)4)13(11)17/h6-9,11H,5H2,1-4H3. The van der Waals surface area contributed by atoms with Gasteiger partial charge in [-0.15, -0.1) is 0 Å². The number of rotatable bonds is 2. The number of hydrogen-bond acceptors (Lipinski definition) is 3. The van der Waals surface area contributed by atoms with Gasteiger partial charge in [0.25, 0.3) is 0 Å². The summed E-state index contributed by atoms with van der Waals surface area (Å²) in [7, 11) is 0. The molecule has 1 unspecified atom stereocenters. The maximum absolute atomic E-state index is 12.4. The third kappa shape index (κ3) is 2.04. The highest BCUT2D eigenvalue weighted by Gasteiger charge is 2.36. The van der Waals surface area contributed by atoms with E-state index in [1.807, 2.05) is 24.9 Å². The summed E-state index contributed by atoms with van der Waals surface area (Å²) >= 11 is 0. The molecular formula is C13H19N3O. The van der Waals surface area contributed by atoms with Crippen molar-refractivity contribution < 1.29 is 4.79 Å². The number of anilines is 1. The molecule has 1 aromatic rings. The van der Waals surface area contributed by atoms with E-state index in [4.69, 9.17) is 0 Å².